The van der Waals surface area contributed by atoms with Gasteiger partial charge in [0.15, 0.2) is 0 Å². The van der Waals surface area contributed by atoms with Crippen molar-refractivity contribution >= 4 is 23.4 Å². The van der Waals surface area contributed by atoms with Crippen molar-refractivity contribution in [3.8, 4) is 0 Å². The molecule has 0 radical (unpaired) electrons. The fourth-order valence-electron chi connectivity index (χ4n) is 2.47. The summed E-state index contributed by atoms with van der Waals surface area (Å²) in [6, 6.07) is 16.1. The number of hydrogen-bond acceptors (Lipinski definition) is 5. The number of methoxy groups -OCH3 is 1. The van der Waals surface area contributed by atoms with Gasteiger partial charge in [-0.1, -0.05) is 18.2 Å². The van der Waals surface area contributed by atoms with Gasteiger partial charge in [-0.05, 0) is 42.5 Å². The van der Waals surface area contributed by atoms with Crippen LogP contribution in [0.2, 0.25) is 0 Å². The molecule has 0 spiro atoms. The standard InChI is InChI=1S/C21H18FN3O3/c1-28-21(27)14-6-9-17(10-7-14)25-20(26)16-8-11-19(24-13-16)23-12-15-4-2-3-5-18(15)22/h2-11,13H,12H2,1H3,(H,23,24)(H,25,26). The molecular weight excluding hydrogens is 361 g/mol. The third kappa shape index (κ3) is 4.70. The van der Waals surface area contributed by atoms with Crippen molar-refractivity contribution in [3.05, 3.63) is 89.4 Å². The molecule has 28 heavy (non-hydrogen) atoms. The zero-order valence-corrected chi connectivity index (χ0v) is 15.1. The van der Waals surface area contributed by atoms with Gasteiger partial charge in [-0.3, -0.25) is 4.79 Å². The van der Waals surface area contributed by atoms with Crippen LogP contribution in [0.25, 0.3) is 0 Å². The summed E-state index contributed by atoms with van der Waals surface area (Å²) in [5.41, 5.74) is 1.84. The highest BCUT2D eigenvalue weighted by Gasteiger charge is 2.09. The van der Waals surface area contributed by atoms with Crippen molar-refractivity contribution in [1.82, 2.24) is 4.98 Å². The normalized spacial score (nSPS) is 10.2. The lowest BCUT2D eigenvalue weighted by molar-refractivity contribution is 0.0600. The topological polar surface area (TPSA) is 80.3 Å². The number of hydrogen-bond donors (Lipinski definition) is 2. The number of esters is 1. The van der Waals surface area contributed by atoms with Crippen LogP contribution in [-0.4, -0.2) is 24.0 Å². The Hall–Kier alpha value is -3.74. The molecule has 0 aliphatic heterocycles. The van der Waals surface area contributed by atoms with Crippen molar-refractivity contribution in [2.75, 3.05) is 17.7 Å². The fourth-order valence-corrected chi connectivity index (χ4v) is 2.47. The molecule has 1 heterocycles. The van der Waals surface area contributed by atoms with Gasteiger partial charge in [0.2, 0.25) is 0 Å². The third-order valence-electron chi connectivity index (χ3n) is 4.01. The number of aromatic nitrogens is 1. The fraction of sp³-hybridized carbons (Fsp3) is 0.0952. The zero-order chi connectivity index (χ0) is 19.9. The summed E-state index contributed by atoms with van der Waals surface area (Å²) in [4.78, 5) is 27.9. The maximum Gasteiger partial charge on any atom is 0.337 e. The molecule has 6 nitrogen and oxygen atoms in total. The Labute approximate surface area is 161 Å². The predicted octanol–water partition coefficient (Wildman–Crippen LogP) is 3.87. The van der Waals surface area contributed by atoms with E-state index in [4.69, 9.17) is 0 Å². The van der Waals surface area contributed by atoms with E-state index in [1.165, 1.54) is 19.4 Å². The molecule has 0 bridgehead atoms. The molecule has 0 aliphatic rings. The van der Waals surface area contributed by atoms with Crippen LogP contribution in [0.1, 0.15) is 26.3 Å². The summed E-state index contributed by atoms with van der Waals surface area (Å²) in [6.07, 6.45) is 1.43. The molecule has 3 rings (SSSR count). The van der Waals surface area contributed by atoms with Gasteiger partial charge in [0.05, 0.1) is 18.2 Å². The molecule has 3 aromatic rings. The molecule has 2 N–H and O–H groups in total. The van der Waals surface area contributed by atoms with E-state index in [2.05, 4.69) is 20.4 Å². The first kappa shape index (κ1) is 19.0. The molecule has 0 unspecified atom stereocenters. The lowest BCUT2D eigenvalue weighted by atomic mass is 10.2. The van der Waals surface area contributed by atoms with Crippen LogP contribution in [0.15, 0.2) is 66.9 Å². The van der Waals surface area contributed by atoms with Crippen LogP contribution in [-0.2, 0) is 11.3 Å². The monoisotopic (exact) mass is 379 g/mol. The van der Waals surface area contributed by atoms with E-state index in [0.29, 0.717) is 28.2 Å². The highest BCUT2D eigenvalue weighted by atomic mass is 19.1. The molecule has 0 atom stereocenters. The smallest absolute Gasteiger partial charge is 0.337 e. The van der Waals surface area contributed by atoms with Gasteiger partial charge in [0.1, 0.15) is 11.6 Å². The number of halogens is 1. The van der Waals surface area contributed by atoms with Gasteiger partial charge in [-0.15, -0.1) is 0 Å². The van der Waals surface area contributed by atoms with Crippen molar-refractivity contribution in [2.24, 2.45) is 0 Å². The summed E-state index contributed by atoms with van der Waals surface area (Å²) >= 11 is 0. The minimum absolute atomic E-state index is 0.288. The number of anilines is 2. The van der Waals surface area contributed by atoms with E-state index in [1.54, 1.807) is 54.6 Å². The Kier molecular flexibility index (Phi) is 5.96. The molecule has 0 saturated carbocycles. The number of carbonyl (C=O) groups excluding carboxylic acids is 2. The van der Waals surface area contributed by atoms with E-state index in [0.717, 1.165) is 0 Å². The van der Waals surface area contributed by atoms with Gasteiger partial charge >= 0.3 is 5.97 Å². The number of amides is 1. The quantitative estimate of drug-likeness (QED) is 0.636. The van der Waals surface area contributed by atoms with E-state index in [-0.39, 0.29) is 18.3 Å². The van der Waals surface area contributed by atoms with Crippen molar-refractivity contribution in [3.63, 3.8) is 0 Å². The summed E-state index contributed by atoms with van der Waals surface area (Å²) in [6.45, 7) is 0.289. The molecule has 0 aliphatic carbocycles. The highest BCUT2D eigenvalue weighted by molar-refractivity contribution is 6.04. The molecule has 1 aromatic heterocycles. The highest BCUT2D eigenvalue weighted by Crippen LogP contribution is 2.14. The van der Waals surface area contributed by atoms with Crippen LogP contribution in [0.3, 0.4) is 0 Å². The Balaban J connectivity index is 1.59. The number of carbonyl (C=O) groups is 2. The van der Waals surface area contributed by atoms with E-state index in [9.17, 15) is 14.0 Å². The average Bonchev–Trinajstić information content (AvgIpc) is 2.73. The summed E-state index contributed by atoms with van der Waals surface area (Å²) in [7, 11) is 1.31. The van der Waals surface area contributed by atoms with Crippen molar-refractivity contribution in [1.29, 1.82) is 0 Å². The second-order valence-corrected chi connectivity index (χ2v) is 5.90. The van der Waals surface area contributed by atoms with Gasteiger partial charge in [0.25, 0.3) is 5.91 Å². The first-order chi connectivity index (χ1) is 13.6. The Morgan fingerprint density at radius 2 is 1.71 bits per heavy atom. The van der Waals surface area contributed by atoms with Gasteiger partial charge < -0.3 is 15.4 Å². The number of ether oxygens (including phenoxy) is 1. The third-order valence-corrected chi connectivity index (χ3v) is 4.01. The molecule has 2 aromatic carbocycles. The van der Waals surface area contributed by atoms with E-state index in [1.807, 2.05) is 0 Å². The molecule has 0 saturated heterocycles. The van der Waals surface area contributed by atoms with Crippen LogP contribution >= 0.6 is 0 Å². The molecule has 0 fully saturated rings. The number of rotatable bonds is 6. The summed E-state index contributed by atoms with van der Waals surface area (Å²) in [5, 5.41) is 5.74. The largest absolute Gasteiger partial charge is 0.465 e. The minimum atomic E-state index is -0.444. The first-order valence-corrected chi connectivity index (χ1v) is 8.50. The van der Waals surface area contributed by atoms with Crippen LogP contribution in [0, 0.1) is 5.82 Å². The van der Waals surface area contributed by atoms with E-state index >= 15 is 0 Å². The number of benzene rings is 2. The minimum Gasteiger partial charge on any atom is -0.465 e. The second kappa shape index (κ2) is 8.77. The Bertz CT molecular complexity index is 973. The second-order valence-electron chi connectivity index (χ2n) is 5.90. The number of nitrogens with one attached hydrogen (secondary N) is 2. The summed E-state index contributed by atoms with van der Waals surface area (Å²) in [5.74, 6) is -0.536. The molecule has 1 amide bonds. The number of pyridine rings is 1. The Morgan fingerprint density at radius 1 is 1.00 bits per heavy atom. The predicted molar refractivity (Wildman–Crippen MR) is 104 cm³/mol. The van der Waals surface area contributed by atoms with E-state index < -0.39 is 5.97 Å². The molecular formula is C21H18FN3O3. The first-order valence-electron chi connectivity index (χ1n) is 8.50. The SMILES string of the molecule is COC(=O)c1ccc(NC(=O)c2ccc(NCc3ccccc3F)nc2)cc1. The average molecular weight is 379 g/mol. The van der Waals surface area contributed by atoms with Crippen LogP contribution < -0.4 is 10.6 Å². The Morgan fingerprint density at radius 3 is 2.36 bits per heavy atom. The summed E-state index contributed by atoms with van der Waals surface area (Å²) < 4.78 is 18.3. The van der Waals surface area contributed by atoms with Crippen molar-refractivity contribution in [2.45, 2.75) is 6.54 Å². The van der Waals surface area contributed by atoms with Gasteiger partial charge in [0, 0.05) is 24.0 Å². The van der Waals surface area contributed by atoms with Gasteiger partial charge in [-0.25, -0.2) is 14.2 Å². The van der Waals surface area contributed by atoms with Crippen molar-refractivity contribution < 1.29 is 18.7 Å². The maximum atomic E-state index is 13.6. The zero-order valence-electron chi connectivity index (χ0n) is 15.1. The van der Waals surface area contributed by atoms with Gasteiger partial charge in [-0.2, -0.15) is 0 Å². The maximum absolute atomic E-state index is 13.6. The molecule has 7 heteroatoms. The lowest BCUT2D eigenvalue weighted by Gasteiger charge is -2.08. The molecule has 142 valence electrons. The number of nitrogens with zero attached hydrogens (tertiary/aromatic N) is 1. The van der Waals surface area contributed by atoms with Crippen LogP contribution in [0.5, 0.6) is 0 Å². The lowest BCUT2D eigenvalue weighted by Crippen LogP contribution is -2.13. The van der Waals surface area contributed by atoms with Crippen LogP contribution in [0.4, 0.5) is 15.9 Å².